The monoisotopic (exact) mass is 272 g/mol. The number of fused-ring (bicyclic) bond motifs is 1. The van der Waals surface area contributed by atoms with Crippen molar-refractivity contribution in [3.8, 4) is 17.1 Å². The number of rotatable bonds is 1. The second-order valence-electron chi connectivity index (χ2n) is 4.65. The van der Waals surface area contributed by atoms with Gasteiger partial charge in [0, 0.05) is 12.1 Å². The molecular formula is C15H13ClN2O. The van der Waals surface area contributed by atoms with Crippen LogP contribution in [0.15, 0.2) is 36.4 Å². The third-order valence-electron chi connectivity index (χ3n) is 3.24. The maximum absolute atomic E-state index is 10.1. The average molecular weight is 273 g/mol. The lowest BCUT2D eigenvalue weighted by molar-refractivity contribution is 0.476. The van der Waals surface area contributed by atoms with E-state index < -0.39 is 0 Å². The van der Waals surface area contributed by atoms with Crippen LogP contribution < -0.4 is 0 Å². The molecule has 1 heterocycles. The van der Waals surface area contributed by atoms with Gasteiger partial charge in [-0.15, -0.1) is 0 Å². The summed E-state index contributed by atoms with van der Waals surface area (Å²) in [4.78, 5) is 4.56. The zero-order valence-electron chi connectivity index (χ0n) is 10.7. The molecule has 0 aliphatic rings. The van der Waals surface area contributed by atoms with Gasteiger partial charge < -0.3 is 9.67 Å². The fourth-order valence-electron chi connectivity index (χ4n) is 2.23. The summed E-state index contributed by atoms with van der Waals surface area (Å²) in [6.07, 6.45) is 0. The van der Waals surface area contributed by atoms with Gasteiger partial charge in [-0.1, -0.05) is 17.7 Å². The molecule has 4 heteroatoms. The molecule has 3 aromatic rings. The quantitative estimate of drug-likeness (QED) is 0.729. The number of aromatic nitrogens is 2. The first-order valence-corrected chi connectivity index (χ1v) is 6.36. The Morgan fingerprint density at radius 2 is 1.95 bits per heavy atom. The molecular weight excluding hydrogens is 260 g/mol. The summed E-state index contributed by atoms with van der Waals surface area (Å²) in [7, 11) is 1.92. The van der Waals surface area contributed by atoms with E-state index in [2.05, 4.69) is 4.98 Å². The number of hydrogen-bond acceptors (Lipinski definition) is 2. The summed E-state index contributed by atoms with van der Waals surface area (Å²) in [5.74, 6) is 0.972. The van der Waals surface area contributed by atoms with Crippen LogP contribution in [0.25, 0.3) is 22.4 Å². The average Bonchev–Trinajstić information content (AvgIpc) is 2.67. The lowest BCUT2D eigenvalue weighted by Crippen LogP contribution is -1.93. The molecule has 0 saturated carbocycles. The van der Waals surface area contributed by atoms with Crippen molar-refractivity contribution in [2.24, 2.45) is 7.05 Å². The molecule has 0 bridgehead atoms. The summed E-state index contributed by atoms with van der Waals surface area (Å²) < 4.78 is 1.94. The van der Waals surface area contributed by atoms with Crippen molar-refractivity contribution in [1.82, 2.24) is 9.55 Å². The Balaban J connectivity index is 2.28. The number of halogens is 1. The van der Waals surface area contributed by atoms with Crippen molar-refractivity contribution in [2.45, 2.75) is 6.92 Å². The predicted octanol–water partition coefficient (Wildman–Crippen LogP) is 3.91. The van der Waals surface area contributed by atoms with Gasteiger partial charge in [0.15, 0.2) is 0 Å². The predicted molar refractivity (Wildman–Crippen MR) is 77.6 cm³/mol. The Bertz CT molecular complexity index is 777. The topological polar surface area (TPSA) is 38.0 Å². The summed E-state index contributed by atoms with van der Waals surface area (Å²) in [5, 5.41) is 10.7. The largest absolute Gasteiger partial charge is 0.507 e. The Kier molecular flexibility index (Phi) is 2.72. The molecule has 0 atom stereocenters. The SMILES string of the molecule is Cc1ccc(-c2nc3ccc(Cl)cc3n2C)c(O)c1. The summed E-state index contributed by atoms with van der Waals surface area (Å²) in [6.45, 7) is 1.94. The first kappa shape index (κ1) is 12.1. The molecule has 3 rings (SSSR count). The molecule has 0 saturated heterocycles. The minimum Gasteiger partial charge on any atom is -0.507 e. The second kappa shape index (κ2) is 4.28. The van der Waals surface area contributed by atoms with Crippen molar-refractivity contribution in [1.29, 1.82) is 0 Å². The molecule has 2 aromatic carbocycles. The molecule has 0 aliphatic carbocycles. The number of aryl methyl sites for hydroxylation is 2. The van der Waals surface area contributed by atoms with Crippen LogP contribution in [-0.2, 0) is 7.05 Å². The first-order chi connectivity index (χ1) is 9.06. The van der Waals surface area contributed by atoms with Crippen LogP contribution in [0, 0.1) is 6.92 Å². The van der Waals surface area contributed by atoms with E-state index in [4.69, 9.17) is 11.6 Å². The fraction of sp³-hybridized carbons (Fsp3) is 0.133. The second-order valence-corrected chi connectivity index (χ2v) is 5.08. The number of nitrogens with zero attached hydrogens (tertiary/aromatic N) is 2. The number of benzene rings is 2. The van der Waals surface area contributed by atoms with Crippen molar-refractivity contribution in [3.05, 3.63) is 47.0 Å². The maximum Gasteiger partial charge on any atom is 0.144 e. The van der Waals surface area contributed by atoms with Crippen LogP contribution in [0.5, 0.6) is 5.75 Å². The molecule has 0 unspecified atom stereocenters. The van der Waals surface area contributed by atoms with Crippen LogP contribution in [0.1, 0.15) is 5.56 Å². The van der Waals surface area contributed by atoms with Crippen LogP contribution in [0.3, 0.4) is 0 Å². The van der Waals surface area contributed by atoms with Crippen molar-refractivity contribution in [2.75, 3.05) is 0 Å². The van der Waals surface area contributed by atoms with E-state index in [0.29, 0.717) is 5.02 Å². The van der Waals surface area contributed by atoms with E-state index in [0.717, 1.165) is 28.0 Å². The Hall–Kier alpha value is -2.00. The minimum absolute atomic E-state index is 0.240. The van der Waals surface area contributed by atoms with Crippen molar-refractivity contribution >= 4 is 22.6 Å². The number of phenolic OH excluding ortho intramolecular Hbond substituents is 1. The molecule has 1 N–H and O–H groups in total. The lowest BCUT2D eigenvalue weighted by Gasteiger charge is -2.05. The van der Waals surface area contributed by atoms with Gasteiger partial charge in [0.05, 0.1) is 16.6 Å². The first-order valence-electron chi connectivity index (χ1n) is 5.98. The zero-order chi connectivity index (χ0) is 13.6. The molecule has 3 nitrogen and oxygen atoms in total. The number of imidazole rings is 1. The zero-order valence-corrected chi connectivity index (χ0v) is 11.4. The van der Waals surface area contributed by atoms with Gasteiger partial charge in [-0.3, -0.25) is 0 Å². The lowest BCUT2D eigenvalue weighted by atomic mass is 10.1. The molecule has 0 aliphatic heterocycles. The number of aromatic hydroxyl groups is 1. The Morgan fingerprint density at radius 1 is 1.16 bits per heavy atom. The van der Waals surface area contributed by atoms with Gasteiger partial charge in [-0.2, -0.15) is 0 Å². The van der Waals surface area contributed by atoms with Crippen LogP contribution >= 0.6 is 11.6 Å². The fourth-order valence-corrected chi connectivity index (χ4v) is 2.40. The van der Waals surface area contributed by atoms with E-state index in [1.807, 2.05) is 48.9 Å². The number of hydrogen-bond donors (Lipinski definition) is 1. The van der Waals surface area contributed by atoms with Crippen LogP contribution in [0.4, 0.5) is 0 Å². The number of phenols is 1. The summed E-state index contributed by atoms with van der Waals surface area (Å²) in [6, 6.07) is 11.2. The third-order valence-corrected chi connectivity index (χ3v) is 3.47. The van der Waals surface area contributed by atoms with Gasteiger partial charge in [0.2, 0.25) is 0 Å². The van der Waals surface area contributed by atoms with E-state index >= 15 is 0 Å². The summed E-state index contributed by atoms with van der Waals surface area (Å²) >= 11 is 6.01. The molecule has 0 fully saturated rings. The van der Waals surface area contributed by atoms with E-state index in [-0.39, 0.29) is 5.75 Å². The molecule has 0 amide bonds. The maximum atomic E-state index is 10.1. The smallest absolute Gasteiger partial charge is 0.144 e. The Morgan fingerprint density at radius 3 is 2.68 bits per heavy atom. The Labute approximate surface area is 116 Å². The van der Waals surface area contributed by atoms with Crippen molar-refractivity contribution < 1.29 is 5.11 Å². The third kappa shape index (κ3) is 1.96. The molecule has 0 spiro atoms. The van der Waals surface area contributed by atoms with Crippen LogP contribution in [-0.4, -0.2) is 14.7 Å². The van der Waals surface area contributed by atoms with Gasteiger partial charge in [0.25, 0.3) is 0 Å². The summed E-state index contributed by atoms with van der Waals surface area (Å²) in [5.41, 5.74) is 3.55. The molecule has 19 heavy (non-hydrogen) atoms. The van der Waals surface area contributed by atoms with Gasteiger partial charge in [-0.05, 0) is 42.8 Å². The van der Waals surface area contributed by atoms with E-state index in [1.54, 1.807) is 6.07 Å². The highest BCUT2D eigenvalue weighted by atomic mass is 35.5. The van der Waals surface area contributed by atoms with Crippen molar-refractivity contribution in [3.63, 3.8) is 0 Å². The van der Waals surface area contributed by atoms with Gasteiger partial charge >= 0.3 is 0 Å². The standard InChI is InChI=1S/C15H13ClN2O/c1-9-3-5-11(14(19)7-9)15-17-12-6-4-10(16)8-13(12)18(15)2/h3-8,19H,1-2H3. The van der Waals surface area contributed by atoms with E-state index in [1.165, 1.54) is 0 Å². The molecule has 96 valence electrons. The van der Waals surface area contributed by atoms with Crippen LogP contribution in [0.2, 0.25) is 5.02 Å². The highest BCUT2D eigenvalue weighted by Gasteiger charge is 2.13. The highest BCUT2D eigenvalue weighted by molar-refractivity contribution is 6.31. The highest BCUT2D eigenvalue weighted by Crippen LogP contribution is 2.31. The van der Waals surface area contributed by atoms with Gasteiger partial charge in [0.1, 0.15) is 11.6 Å². The molecule has 0 radical (unpaired) electrons. The molecule has 1 aromatic heterocycles. The normalized spacial score (nSPS) is 11.1. The van der Waals surface area contributed by atoms with Gasteiger partial charge in [-0.25, -0.2) is 4.98 Å². The minimum atomic E-state index is 0.240. The van der Waals surface area contributed by atoms with E-state index in [9.17, 15) is 5.11 Å².